The summed E-state index contributed by atoms with van der Waals surface area (Å²) in [5, 5.41) is 20.8. The van der Waals surface area contributed by atoms with Gasteiger partial charge in [-0.1, -0.05) is 0 Å². The largest absolute Gasteiger partial charge is 0.507 e. The summed E-state index contributed by atoms with van der Waals surface area (Å²) in [5.41, 5.74) is -0.338. The maximum absolute atomic E-state index is 13.5. The average Bonchev–Trinajstić information content (AvgIpc) is 2.41. The van der Waals surface area contributed by atoms with E-state index in [-0.39, 0.29) is 17.0 Å². The molecule has 0 atom stereocenters. The zero-order valence-corrected chi connectivity index (χ0v) is 12.6. The van der Waals surface area contributed by atoms with Crippen molar-refractivity contribution < 1.29 is 24.2 Å². The molecule has 0 heterocycles. The molecule has 2 rings (SSSR count). The number of carbonyl (C=O) groups is 2. The quantitative estimate of drug-likeness (QED) is 0.691. The van der Waals surface area contributed by atoms with Crippen molar-refractivity contribution >= 4 is 40.2 Å². The lowest BCUT2D eigenvalue weighted by molar-refractivity contribution is 0.0691. The van der Waals surface area contributed by atoms with Crippen molar-refractivity contribution in [3.63, 3.8) is 0 Å². The SMILES string of the molecule is O=C(Nc1ccc(C(=O)O)c(F)c1)c1cc(I)ccc1O. The molecule has 2 aromatic carbocycles. The highest BCUT2D eigenvalue weighted by Crippen LogP contribution is 2.22. The van der Waals surface area contributed by atoms with Gasteiger partial charge in [-0.2, -0.15) is 0 Å². The molecule has 0 aliphatic rings. The van der Waals surface area contributed by atoms with Crippen LogP contribution in [0.25, 0.3) is 0 Å². The summed E-state index contributed by atoms with van der Waals surface area (Å²) in [6.45, 7) is 0. The molecular formula is C14H9FINO4. The van der Waals surface area contributed by atoms with Gasteiger partial charge in [-0.3, -0.25) is 4.79 Å². The second-order valence-corrected chi connectivity index (χ2v) is 5.36. The van der Waals surface area contributed by atoms with E-state index in [1.165, 1.54) is 18.2 Å². The number of aromatic hydroxyl groups is 1. The van der Waals surface area contributed by atoms with Crippen molar-refractivity contribution in [2.24, 2.45) is 0 Å². The first-order valence-corrected chi connectivity index (χ1v) is 6.79. The normalized spacial score (nSPS) is 10.2. The number of phenols is 1. The van der Waals surface area contributed by atoms with E-state index in [9.17, 15) is 19.1 Å². The molecule has 108 valence electrons. The van der Waals surface area contributed by atoms with Crippen molar-refractivity contribution in [1.82, 2.24) is 0 Å². The summed E-state index contributed by atoms with van der Waals surface area (Å²) >= 11 is 1.99. The number of rotatable bonds is 3. The van der Waals surface area contributed by atoms with Crippen molar-refractivity contribution in [3.8, 4) is 5.75 Å². The number of hydrogen-bond acceptors (Lipinski definition) is 3. The van der Waals surface area contributed by atoms with E-state index >= 15 is 0 Å². The number of benzene rings is 2. The van der Waals surface area contributed by atoms with Crippen LogP contribution in [0.1, 0.15) is 20.7 Å². The van der Waals surface area contributed by atoms with Gasteiger partial charge >= 0.3 is 5.97 Å². The van der Waals surface area contributed by atoms with Gasteiger partial charge in [0.05, 0.1) is 11.1 Å². The van der Waals surface area contributed by atoms with Gasteiger partial charge in [0.2, 0.25) is 0 Å². The number of phenolic OH excluding ortho intramolecular Hbond substituents is 1. The summed E-state index contributed by atoms with van der Waals surface area (Å²) in [4.78, 5) is 22.7. The van der Waals surface area contributed by atoms with E-state index in [1.807, 2.05) is 22.6 Å². The molecule has 5 nitrogen and oxygen atoms in total. The molecule has 0 saturated carbocycles. The highest BCUT2D eigenvalue weighted by atomic mass is 127. The Morgan fingerprint density at radius 2 is 1.81 bits per heavy atom. The van der Waals surface area contributed by atoms with E-state index < -0.39 is 23.3 Å². The molecule has 0 unspecified atom stereocenters. The van der Waals surface area contributed by atoms with Crippen LogP contribution in [0.4, 0.5) is 10.1 Å². The van der Waals surface area contributed by atoms with Gasteiger partial charge in [0.1, 0.15) is 11.6 Å². The van der Waals surface area contributed by atoms with Gasteiger partial charge in [-0.25, -0.2) is 9.18 Å². The average molecular weight is 401 g/mol. The lowest BCUT2D eigenvalue weighted by Gasteiger charge is -2.08. The van der Waals surface area contributed by atoms with Crippen LogP contribution in [0.15, 0.2) is 36.4 Å². The van der Waals surface area contributed by atoms with E-state index in [0.29, 0.717) is 0 Å². The van der Waals surface area contributed by atoms with Crippen LogP contribution < -0.4 is 5.32 Å². The Morgan fingerprint density at radius 1 is 1.10 bits per heavy atom. The number of hydrogen-bond donors (Lipinski definition) is 3. The first-order valence-electron chi connectivity index (χ1n) is 5.71. The Labute approximate surface area is 132 Å². The number of carboxylic acids is 1. The zero-order chi connectivity index (χ0) is 15.6. The zero-order valence-electron chi connectivity index (χ0n) is 10.4. The second-order valence-electron chi connectivity index (χ2n) is 4.12. The molecule has 0 aromatic heterocycles. The topological polar surface area (TPSA) is 86.6 Å². The monoisotopic (exact) mass is 401 g/mol. The number of amides is 1. The van der Waals surface area contributed by atoms with Crippen LogP contribution in [-0.4, -0.2) is 22.1 Å². The maximum atomic E-state index is 13.5. The summed E-state index contributed by atoms with van der Waals surface area (Å²) in [6, 6.07) is 7.73. The summed E-state index contributed by atoms with van der Waals surface area (Å²) in [7, 11) is 0. The predicted octanol–water partition coefficient (Wildman–Crippen LogP) is 3.09. The standard InChI is InChI=1S/C14H9FINO4/c15-11-6-8(2-3-9(11)14(20)21)17-13(19)10-5-7(16)1-4-12(10)18/h1-6,18H,(H,17,19)(H,20,21). The number of nitrogens with one attached hydrogen (secondary N) is 1. The molecule has 1 amide bonds. The Kier molecular flexibility index (Phi) is 4.41. The van der Waals surface area contributed by atoms with Crippen molar-refractivity contribution in [2.75, 3.05) is 5.32 Å². The van der Waals surface area contributed by atoms with Gasteiger partial charge in [-0.05, 0) is 59.0 Å². The molecule has 7 heteroatoms. The molecule has 0 aliphatic heterocycles. The van der Waals surface area contributed by atoms with Crippen molar-refractivity contribution in [3.05, 3.63) is 56.9 Å². The van der Waals surface area contributed by atoms with E-state index in [0.717, 1.165) is 15.7 Å². The fourth-order valence-electron chi connectivity index (χ4n) is 1.65. The summed E-state index contributed by atoms with van der Waals surface area (Å²) < 4.78 is 14.3. The molecule has 0 radical (unpaired) electrons. The van der Waals surface area contributed by atoms with Crippen LogP contribution in [0.5, 0.6) is 5.75 Å². The number of carbonyl (C=O) groups excluding carboxylic acids is 1. The highest BCUT2D eigenvalue weighted by molar-refractivity contribution is 14.1. The van der Waals surface area contributed by atoms with E-state index in [4.69, 9.17) is 5.11 Å². The number of carboxylic acid groups (broad SMARTS) is 1. The van der Waals surface area contributed by atoms with Crippen LogP contribution in [0, 0.1) is 9.39 Å². The third-order valence-corrected chi connectivity index (χ3v) is 3.33. The third-order valence-electron chi connectivity index (χ3n) is 2.66. The first-order chi connectivity index (χ1) is 9.88. The number of anilines is 1. The van der Waals surface area contributed by atoms with E-state index in [1.54, 1.807) is 6.07 Å². The molecule has 3 N–H and O–H groups in total. The maximum Gasteiger partial charge on any atom is 0.338 e. The number of aromatic carboxylic acids is 1. The molecule has 0 spiro atoms. The Bertz CT molecular complexity index is 733. The molecule has 0 saturated heterocycles. The second kappa shape index (κ2) is 6.08. The molecule has 0 aliphatic carbocycles. The molecule has 2 aromatic rings. The molecule has 0 fully saturated rings. The first kappa shape index (κ1) is 15.2. The van der Waals surface area contributed by atoms with Gasteiger partial charge in [0.25, 0.3) is 5.91 Å². The summed E-state index contributed by atoms with van der Waals surface area (Å²) in [5.74, 6) is -3.16. The Hall–Kier alpha value is -2.16. The van der Waals surface area contributed by atoms with Crippen LogP contribution >= 0.6 is 22.6 Å². The third kappa shape index (κ3) is 3.48. The van der Waals surface area contributed by atoms with Crippen LogP contribution in [-0.2, 0) is 0 Å². The minimum absolute atomic E-state index is 0.0459. The van der Waals surface area contributed by atoms with E-state index in [2.05, 4.69) is 5.32 Å². The lowest BCUT2D eigenvalue weighted by atomic mass is 10.1. The number of halogens is 2. The Balaban J connectivity index is 2.26. The molecule has 21 heavy (non-hydrogen) atoms. The van der Waals surface area contributed by atoms with Crippen molar-refractivity contribution in [2.45, 2.75) is 0 Å². The van der Waals surface area contributed by atoms with Crippen molar-refractivity contribution in [1.29, 1.82) is 0 Å². The van der Waals surface area contributed by atoms with Crippen LogP contribution in [0.3, 0.4) is 0 Å². The smallest absolute Gasteiger partial charge is 0.338 e. The summed E-state index contributed by atoms with van der Waals surface area (Å²) in [6.07, 6.45) is 0. The molecule has 0 bridgehead atoms. The predicted molar refractivity (Wildman–Crippen MR) is 82.1 cm³/mol. The minimum Gasteiger partial charge on any atom is -0.507 e. The van der Waals surface area contributed by atoms with Gasteiger partial charge in [-0.15, -0.1) is 0 Å². The van der Waals surface area contributed by atoms with Gasteiger partial charge < -0.3 is 15.5 Å². The fraction of sp³-hybridized carbons (Fsp3) is 0. The van der Waals surface area contributed by atoms with Gasteiger partial charge in [0.15, 0.2) is 0 Å². The highest BCUT2D eigenvalue weighted by Gasteiger charge is 2.14. The van der Waals surface area contributed by atoms with Crippen LogP contribution in [0.2, 0.25) is 0 Å². The van der Waals surface area contributed by atoms with Gasteiger partial charge in [0, 0.05) is 9.26 Å². The lowest BCUT2D eigenvalue weighted by Crippen LogP contribution is -2.13. The molecular weight excluding hydrogens is 392 g/mol. The minimum atomic E-state index is -1.39. The Morgan fingerprint density at radius 3 is 2.43 bits per heavy atom. The fourth-order valence-corrected chi connectivity index (χ4v) is 2.15.